The van der Waals surface area contributed by atoms with Crippen LogP contribution in [0.25, 0.3) is 10.8 Å². The molecule has 2 bridgehead atoms. The van der Waals surface area contributed by atoms with Gasteiger partial charge in [-0.25, -0.2) is 9.00 Å². The zero-order chi connectivity index (χ0) is 41.7. The molecule has 3 aliphatic rings. The van der Waals surface area contributed by atoms with Crippen LogP contribution >= 0.6 is 0 Å². The van der Waals surface area contributed by atoms with E-state index in [4.69, 9.17) is 14.2 Å². The number of ketones is 1. The molecular weight excluding hydrogens is 779 g/mol. The van der Waals surface area contributed by atoms with Gasteiger partial charge in [-0.1, -0.05) is 51.1 Å². The maximum atomic E-state index is 13.5. The molecule has 0 spiro atoms. The number of rotatable bonds is 15. The molecule has 3 fully saturated rings. The quantitative estimate of drug-likeness (QED) is 0.0879. The van der Waals surface area contributed by atoms with Gasteiger partial charge < -0.3 is 39.9 Å². The molecule has 60 heavy (non-hydrogen) atoms. The molecule has 1 aromatic heterocycles. The standard InChI is InChI=1S/C47H55N5O6S.H2O/c1-46(2,3)32-28-39(44(57-5)40(29-32)51-59(6)55)50-45(54)49-38-15-16-42(36-11-8-7-10-35(36)38)58-34-17-22-48-33(30-34)26-31-13-14-37(43(27-31)56-4)41(53)12-9-18-47-19-23-52(24-20-47)25-21-47;/h7-8,10-11,13-17,22,27-30,51H,9,12,18-21,23-26H2,1-6H3,(H2,49,50,54);1H2. The van der Waals surface area contributed by atoms with Crippen LogP contribution in [0.3, 0.4) is 0 Å². The minimum atomic E-state index is -1.36. The van der Waals surface area contributed by atoms with Crippen molar-refractivity contribution in [1.29, 1.82) is 0 Å². The lowest BCUT2D eigenvalue weighted by Crippen LogP contribution is -2.48. The predicted octanol–water partition coefficient (Wildman–Crippen LogP) is 9.30. The van der Waals surface area contributed by atoms with Crippen molar-refractivity contribution in [3.05, 3.63) is 107 Å². The number of hydrogen-bond acceptors (Lipinski definition) is 8. The minimum Gasteiger partial charge on any atom is -0.496 e. The maximum Gasteiger partial charge on any atom is 0.323 e. The van der Waals surface area contributed by atoms with Crippen molar-refractivity contribution in [2.45, 2.75) is 71.1 Å². The number of fused-ring (bicyclic) bond motifs is 4. The van der Waals surface area contributed by atoms with Crippen LogP contribution in [0.15, 0.2) is 85.1 Å². The Labute approximate surface area is 355 Å². The number of benzene rings is 4. The minimum absolute atomic E-state index is 0. The first kappa shape index (κ1) is 44.1. The first-order valence-corrected chi connectivity index (χ1v) is 21.9. The lowest BCUT2D eigenvalue weighted by molar-refractivity contribution is 0.0182. The highest BCUT2D eigenvalue weighted by Gasteiger charge is 2.38. The molecule has 0 saturated carbocycles. The molecule has 13 heteroatoms. The van der Waals surface area contributed by atoms with E-state index >= 15 is 0 Å². The van der Waals surface area contributed by atoms with Crippen molar-refractivity contribution in [1.82, 2.24) is 9.88 Å². The fourth-order valence-electron chi connectivity index (χ4n) is 8.41. The Kier molecular flexibility index (Phi) is 13.8. The number of urea groups is 1. The summed E-state index contributed by atoms with van der Waals surface area (Å²) < 4.78 is 32.9. The van der Waals surface area contributed by atoms with Crippen molar-refractivity contribution < 1.29 is 33.5 Å². The number of Topliss-reactive ketones (excluding diaryl/α,β-unsaturated/α-hetero) is 1. The topological polar surface area (TPSA) is 163 Å². The van der Waals surface area contributed by atoms with Gasteiger partial charge in [-0.15, -0.1) is 0 Å². The molecule has 0 radical (unpaired) electrons. The highest BCUT2D eigenvalue weighted by atomic mass is 32.2. The second-order valence-corrected chi connectivity index (χ2v) is 17.9. The van der Waals surface area contributed by atoms with Gasteiger partial charge in [0.05, 0.1) is 36.8 Å². The molecule has 318 valence electrons. The van der Waals surface area contributed by atoms with Crippen LogP contribution in [0.2, 0.25) is 0 Å². The molecule has 3 saturated heterocycles. The van der Waals surface area contributed by atoms with Crippen molar-refractivity contribution in [2.24, 2.45) is 5.41 Å². The van der Waals surface area contributed by atoms with Crippen molar-refractivity contribution in [2.75, 3.05) is 55.5 Å². The predicted molar refractivity (Wildman–Crippen MR) is 241 cm³/mol. The molecule has 8 rings (SSSR count). The number of carbonyl (C=O) groups excluding carboxylic acids is 2. The van der Waals surface area contributed by atoms with Crippen LogP contribution in [-0.2, 0) is 22.8 Å². The monoisotopic (exact) mass is 835 g/mol. The molecule has 3 aliphatic heterocycles. The van der Waals surface area contributed by atoms with E-state index in [0.717, 1.165) is 40.4 Å². The average Bonchev–Trinajstić information content (AvgIpc) is 3.21. The molecule has 4 heterocycles. The van der Waals surface area contributed by atoms with E-state index in [2.05, 4.69) is 46.0 Å². The number of nitrogens with one attached hydrogen (secondary N) is 3. The summed E-state index contributed by atoms with van der Waals surface area (Å²) in [6, 6.07) is 24.2. The SMILES string of the molecule is COc1cc(Cc2cc(Oc3ccc(NC(=O)Nc4cc(C(C)(C)C)cc(NS(C)=O)c4OC)c4ccccc34)ccn2)ccc1C(=O)CCCC12CCN(CC1)CC2.O. The summed E-state index contributed by atoms with van der Waals surface area (Å²) in [5.41, 5.74) is 5.06. The molecule has 5 N–H and O–H groups in total. The number of anilines is 3. The smallest absolute Gasteiger partial charge is 0.323 e. The number of ether oxygens (including phenoxy) is 3. The highest BCUT2D eigenvalue weighted by molar-refractivity contribution is 7.85. The van der Waals surface area contributed by atoms with Gasteiger partial charge in [-0.2, -0.15) is 0 Å². The van der Waals surface area contributed by atoms with E-state index in [-0.39, 0.29) is 16.7 Å². The third kappa shape index (κ3) is 10.3. The number of pyridine rings is 1. The molecule has 1 unspecified atom stereocenters. The molecule has 12 nitrogen and oxygen atoms in total. The first-order chi connectivity index (χ1) is 28.3. The van der Waals surface area contributed by atoms with Gasteiger partial charge >= 0.3 is 6.03 Å². The van der Waals surface area contributed by atoms with Gasteiger partial charge in [0.2, 0.25) is 0 Å². The summed E-state index contributed by atoms with van der Waals surface area (Å²) >= 11 is 0. The normalized spacial score (nSPS) is 17.6. The first-order valence-electron chi connectivity index (χ1n) is 20.3. The summed E-state index contributed by atoms with van der Waals surface area (Å²) in [5, 5.41) is 7.53. The van der Waals surface area contributed by atoms with E-state index in [1.165, 1.54) is 52.3 Å². The lowest BCUT2D eigenvalue weighted by atomic mass is 9.69. The number of aromatic nitrogens is 1. The van der Waals surface area contributed by atoms with Crippen LogP contribution in [0.5, 0.6) is 23.0 Å². The number of piperidine rings is 3. The number of amides is 2. The molecular formula is C47H57N5O7S. The van der Waals surface area contributed by atoms with Gasteiger partial charge in [0.15, 0.2) is 11.5 Å². The molecule has 0 aliphatic carbocycles. The van der Waals surface area contributed by atoms with E-state index < -0.39 is 17.0 Å². The Hall–Kier alpha value is -5.50. The molecule has 5 aromatic rings. The Morgan fingerprint density at radius 3 is 2.22 bits per heavy atom. The Balaban J connectivity index is 0.00000604. The second-order valence-electron chi connectivity index (χ2n) is 16.8. The summed E-state index contributed by atoms with van der Waals surface area (Å²) in [4.78, 5) is 34.1. The molecule has 2 amide bonds. The van der Waals surface area contributed by atoms with Crippen molar-refractivity contribution >= 4 is 50.6 Å². The third-order valence-corrected chi connectivity index (χ3v) is 12.3. The summed E-state index contributed by atoms with van der Waals surface area (Å²) in [5.74, 6) is 2.32. The highest BCUT2D eigenvalue weighted by Crippen LogP contribution is 2.44. The van der Waals surface area contributed by atoms with Gasteiger partial charge in [0.25, 0.3) is 0 Å². The van der Waals surface area contributed by atoms with Crippen LogP contribution in [0.4, 0.5) is 21.9 Å². The largest absolute Gasteiger partial charge is 0.496 e. The Morgan fingerprint density at radius 1 is 0.833 bits per heavy atom. The van der Waals surface area contributed by atoms with Crippen molar-refractivity contribution in [3.8, 4) is 23.0 Å². The van der Waals surface area contributed by atoms with Crippen LogP contribution in [0.1, 0.15) is 86.5 Å². The van der Waals surface area contributed by atoms with Gasteiger partial charge in [-0.05, 0) is 116 Å². The zero-order valence-corrected chi connectivity index (χ0v) is 36.2. The van der Waals surface area contributed by atoms with Crippen LogP contribution < -0.4 is 29.6 Å². The van der Waals surface area contributed by atoms with E-state index in [1.54, 1.807) is 13.3 Å². The lowest BCUT2D eigenvalue weighted by Gasteiger charge is -2.48. The number of nitrogens with zero attached hydrogens (tertiary/aromatic N) is 2. The fraction of sp³-hybridized carbons (Fsp3) is 0.383. The summed E-state index contributed by atoms with van der Waals surface area (Å²) in [7, 11) is 1.77. The Morgan fingerprint density at radius 2 is 1.53 bits per heavy atom. The zero-order valence-electron chi connectivity index (χ0n) is 35.4. The molecule has 4 aromatic carbocycles. The van der Waals surface area contributed by atoms with Gasteiger partial charge in [0.1, 0.15) is 28.2 Å². The van der Waals surface area contributed by atoms with Gasteiger partial charge in [-0.3, -0.25) is 9.78 Å². The third-order valence-electron chi connectivity index (χ3n) is 11.7. The van der Waals surface area contributed by atoms with E-state index in [9.17, 15) is 13.8 Å². The summed E-state index contributed by atoms with van der Waals surface area (Å²) in [6.07, 6.45) is 10.1. The summed E-state index contributed by atoms with van der Waals surface area (Å²) in [6.45, 7) is 9.80. The number of carbonyl (C=O) groups is 2. The van der Waals surface area contributed by atoms with Crippen LogP contribution in [0, 0.1) is 5.41 Å². The van der Waals surface area contributed by atoms with Crippen molar-refractivity contribution in [3.63, 3.8) is 0 Å². The van der Waals surface area contributed by atoms with E-state index in [1.807, 2.05) is 78.9 Å². The molecule has 1 atom stereocenters. The van der Waals surface area contributed by atoms with E-state index in [0.29, 0.717) is 63.9 Å². The number of hydrogen-bond donors (Lipinski definition) is 3. The number of methoxy groups -OCH3 is 2. The van der Waals surface area contributed by atoms with Gasteiger partial charge in [0, 0.05) is 47.8 Å². The van der Waals surface area contributed by atoms with Crippen LogP contribution in [-0.4, -0.2) is 71.5 Å². The fourth-order valence-corrected chi connectivity index (χ4v) is 8.87. The average molecular weight is 836 g/mol. The second kappa shape index (κ2) is 18.8. The Bertz CT molecular complexity index is 2360. The maximum absolute atomic E-state index is 13.5.